The largest absolute Gasteiger partial charge is 0.497 e. The molecule has 2 aromatic carbocycles. The minimum atomic E-state index is -0.812. The zero-order chi connectivity index (χ0) is 27.4. The minimum absolute atomic E-state index is 0.192. The maximum absolute atomic E-state index is 14.0. The summed E-state index contributed by atoms with van der Waals surface area (Å²) in [6, 6.07) is 10.1. The van der Waals surface area contributed by atoms with Crippen LogP contribution in [0.25, 0.3) is 6.08 Å². The van der Waals surface area contributed by atoms with Crippen LogP contribution in [0.15, 0.2) is 61.9 Å². The number of fused-ring (bicyclic) bond motifs is 1. The molecule has 0 radical (unpaired) electrons. The molecule has 0 spiro atoms. The number of carbonyl (C=O) groups is 1. The van der Waals surface area contributed by atoms with Crippen LogP contribution in [0.4, 0.5) is 0 Å². The fourth-order valence-electron chi connectivity index (χ4n) is 4.37. The number of benzene rings is 2. The van der Waals surface area contributed by atoms with Crippen molar-refractivity contribution < 1.29 is 23.7 Å². The van der Waals surface area contributed by atoms with Crippen LogP contribution in [-0.4, -0.2) is 38.5 Å². The van der Waals surface area contributed by atoms with Gasteiger partial charge in [0.25, 0.3) is 5.56 Å². The molecule has 0 unspecified atom stereocenters. The van der Waals surface area contributed by atoms with Crippen molar-refractivity contribution in [1.82, 2.24) is 4.57 Å². The lowest BCUT2D eigenvalue weighted by molar-refractivity contribution is -0.139. The van der Waals surface area contributed by atoms with E-state index in [9.17, 15) is 9.59 Å². The number of esters is 1. The van der Waals surface area contributed by atoms with Gasteiger partial charge in [-0.1, -0.05) is 40.6 Å². The number of carbonyl (C=O) groups excluding carboxylic acids is 1. The monoisotopic (exact) mass is 600 g/mol. The number of hydrogen-bond acceptors (Lipinski definition) is 8. The molecule has 3 aromatic rings. The Balaban J connectivity index is 2.06. The molecule has 0 amide bonds. The van der Waals surface area contributed by atoms with Gasteiger partial charge < -0.3 is 18.9 Å². The number of nitrogens with zero attached hydrogens (tertiary/aromatic N) is 2. The van der Waals surface area contributed by atoms with Crippen LogP contribution in [0.2, 0.25) is 0 Å². The number of aromatic nitrogens is 1. The Kier molecular flexibility index (Phi) is 8.73. The molecular formula is C28H29BrN2O6S. The molecule has 0 bridgehead atoms. The second kappa shape index (κ2) is 12.0. The van der Waals surface area contributed by atoms with Crippen LogP contribution in [0.1, 0.15) is 43.9 Å². The highest BCUT2D eigenvalue weighted by Crippen LogP contribution is 2.38. The van der Waals surface area contributed by atoms with E-state index >= 15 is 0 Å². The third-order valence-corrected chi connectivity index (χ3v) is 7.82. The topological polar surface area (TPSA) is 88.4 Å². The second-order valence-electron chi connectivity index (χ2n) is 8.41. The van der Waals surface area contributed by atoms with Gasteiger partial charge in [0.2, 0.25) is 0 Å². The van der Waals surface area contributed by atoms with E-state index in [1.807, 2.05) is 25.1 Å². The maximum Gasteiger partial charge on any atom is 0.338 e. The van der Waals surface area contributed by atoms with Gasteiger partial charge in [-0.05, 0) is 61.4 Å². The van der Waals surface area contributed by atoms with Gasteiger partial charge in [-0.2, -0.15) is 0 Å². The highest BCUT2D eigenvalue weighted by atomic mass is 79.9. The van der Waals surface area contributed by atoms with Crippen molar-refractivity contribution in [3.8, 4) is 17.2 Å². The molecule has 200 valence electrons. The van der Waals surface area contributed by atoms with E-state index < -0.39 is 12.0 Å². The molecule has 0 fully saturated rings. The van der Waals surface area contributed by atoms with Crippen LogP contribution in [0.3, 0.4) is 0 Å². The lowest BCUT2D eigenvalue weighted by atomic mass is 9.93. The molecule has 1 atom stereocenters. The molecule has 1 aromatic heterocycles. The number of allylic oxidation sites excluding steroid dienone is 1. The van der Waals surface area contributed by atoms with Crippen molar-refractivity contribution in [2.24, 2.45) is 4.99 Å². The molecular weight excluding hydrogens is 572 g/mol. The first-order valence-electron chi connectivity index (χ1n) is 12.1. The molecule has 4 rings (SSSR count). The first kappa shape index (κ1) is 27.7. The number of thiazole rings is 1. The van der Waals surface area contributed by atoms with Crippen molar-refractivity contribution in [3.63, 3.8) is 0 Å². The molecule has 0 N–H and O–H groups in total. The Labute approximate surface area is 233 Å². The quantitative estimate of drug-likeness (QED) is 0.339. The average Bonchev–Trinajstić information content (AvgIpc) is 3.23. The highest BCUT2D eigenvalue weighted by molar-refractivity contribution is 9.10. The fourth-order valence-corrected chi connectivity index (χ4v) is 5.74. The first-order valence-corrected chi connectivity index (χ1v) is 13.7. The van der Waals surface area contributed by atoms with Gasteiger partial charge in [0, 0.05) is 10.0 Å². The molecule has 10 heteroatoms. The fraction of sp³-hybridized carbons (Fsp3) is 0.321. The van der Waals surface area contributed by atoms with Gasteiger partial charge in [-0.25, -0.2) is 9.79 Å². The Bertz CT molecular complexity index is 1570. The summed E-state index contributed by atoms with van der Waals surface area (Å²) in [5.74, 6) is 1.24. The molecule has 8 nitrogen and oxygen atoms in total. The number of ether oxygens (including phenoxy) is 4. The Morgan fingerprint density at radius 3 is 2.45 bits per heavy atom. The standard InChI is InChI=1S/C28H29BrN2O6S/c1-6-8-21-24(27(33)37-7-2)25(19-15-18(35-4)10-12-22(19)36-5)31-26(32)23(38-28(31)30-21)14-16-13-17(34-3)9-11-20(16)29/h9-15,25H,6-8H2,1-5H3/b23-14-/t25-/m0/s1. The van der Waals surface area contributed by atoms with E-state index in [1.165, 1.54) is 11.3 Å². The first-order chi connectivity index (χ1) is 18.4. The van der Waals surface area contributed by atoms with Crippen molar-refractivity contribution in [1.29, 1.82) is 0 Å². The lowest BCUT2D eigenvalue weighted by Crippen LogP contribution is -2.40. The van der Waals surface area contributed by atoms with Crippen molar-refractivity contribution in [2.45, 2.75) is 32.7 Å². The summed E-state index contributed by atoms with van der Waals surface area (Å²) in [6.07, 6.45) is 3.10. The van der Waals surface area contributed by atoms with E-state index in [0.717, 1.165) is 16.5 Å². The summed E-state index contributed by atoms with van der Waals surface area (Å²) >= 11 is 4.82. The predicted octanol–water partition coefficient (Wildman–Crippen LogP) is 4.37. The van der Waals surface area contributed by atoms with Gasteiger partial charge in [0.15, 0.2) is 4.80 Å². The van der Waals surface area contributed by atoms with Crippen LogP contribution < -0.4 is 29.1 Å². The van der Waals surface area contributed by atoms with Crippen LogP contribution in [0.5, 0.6) is 17.2 Å². The molecule has 1 aliphatic heterocycles. The van der Waals surface area contributed by atoms with Crippen molar-refractivity contribution >= 4 is 39.3 Å². The molecule has 1 aliphatic rings. The van der Waals surface area contributed by atoms with Gasteiger partial charge >= 0.3 is 5.97 Å². The highest BCUT2D eigenvalue weighted by Gasteiger charge is 2.36. The zero-order valence-electron chi connectivity index (χ0n) is 21.9. The third kappa shape index (κ3) is 5.28. The molecule has 2 heterocycles. The summed E-state index contributed by atoms with van der Waals surface area (Å²) in [6.45, 7) is 3.96. The predicted molar refractivity (Wildman–Crippen MR) is 150 cm³/mol. The Hall–Kier alpha value is -3.37. The molecule has 0 aliphatic carbocycles. The smallest absolute Gasteiger partial charge is 0.338 e. The summed E-state index contributed by atoms with van der Waals surface area (Å²) in [4.78, 5) is 32.7. The van der Waals surface area contributed by atoms with E-state index in [1.54, 1.807) is 57.1 Å². The summed E-state index contributed by atoms with van der Waals surface area (Å²) in [7, 11) is 4.71. The number of rotatable bonds is 9. The third-order valence-electron chi connectivity index (χ3n) is 6.11. The second-order valence-corrected chi connectivity index (χ2v) is 10.3. The Morgan fingerprint density at radius 2 is 1.79 bits per heavy atom. The van der Waals surface area contributed by atoms with E-state index in [2.05, 4.69) is 15.9 Å². The van der Waals surface area contributed by atoms with Crippen LogP contribution >= 0.6 is 27.3 Å². The number of methoxy groups -OCH3 is 3. The van der Waals surface area contributed by atoms with Crippen molar-refractivity contribution in [3.05, 3.63) is 83.0 Å². The van der Waals surface area contributed by atoms with Crippen LogP contribution in [0, 0.1) is 0 Å². The average molecular weight is 602 g/mol. The molecule has 0 saturated heterocycles. The SMILES string of the molecule is CCCC1=C(C(=O)OCC)[C@H](c2cc(OC)ccc2OC)n2c(s/c(=C\c3cc(OC)ccc3Br)c2=O)=N1. The van der Waals surface area contributed by atoms with Crippen molar-refractivity contribution in [2.75, 3.05) is 27.9 Å². The lowest BCUT2D eigenvalue weighted by Gasteiger charge is -2.27. The molecule has 0 saturated carbocycles. The normalized spacial score (nSPS) is 15.1. The van der Waals surface area contributed by atoms with E-state index in [0.29, 0.717) is 49.8 Å². The van der Waals surface area contributed by atoms with E-state index in [4.69, 9.17) is 23.9 Å². The Morgan fingerprint density at radius 1 is 1.08 bits per heavy atom. The number of hydrogen-bond donors (Lipinski definition) is 0. The van der Waals surface area contributed by atoms with Gasteiger partial charge in [0.1, 0.15) is 23.3 Å². The van der Waals surface area contributed by atoms with E-state index in [-0.39, 0.29) is 12.2 Å². The maximum atomic E-state index is 14.0. The minimum Gasteiger partial charge on any atom is -0.497 e. The van der Waals surface area contributed by atoms with Gasteiger partial charge in [0.05, 0.1) is 43.7 Å². The molecule has 38 heavy (non-hydrogen) atoms. The zero-order valence-corrected chi connectivity index (χ0v) is 24.3. The summed E-state index contributed by atoms with van der Waals surface area (Å²) in [5, 5.41) is 0. The number of halogens is 1. The summed E-state index contributed by atoms with van der Waals surface area (Å²) in [5.41, 5.74) is 2.02. The van der Waals surface area contributed by atoms with Crippen LogP contribution in [-0.2, 0) is 9.53 Å². The summed E-state index contributed by atoms with van der Waals surface area (Å²) < 4.78 is 24.8. The van der Waals surface area contributed by atoms with Gasteiger partial charge in [-0.3, -0.25) is 9.36 Å². The van der Waals surface area contributed by atoms with Gasteiger partial charge in [-0.15, -0.1) is 0 Å².